The van der Waals surface area contributed by atoms with Crippen molar-refractivity contribution in [3.8, 4) is 5.06 Å². The minimum Gasteiger partial charge on any atom is -0.399 e. The Balaban J connectivity index is 1.34. The molecule has 6 nitrogen and oxygen atoms in total. The minimum absolute atomic E-state index is 0.0214. The summed E-state index contributed by atoms with van der Waals surface area (Å²) in [5.74, 6) is 0.0214. The normalized spacial score (nSPS) is 19.5. The quantitative estimate of drug-likeness (QED) is 0.805. The summed E-state index contributed by atoms with van der Waals surface area (Å²) in [6, 6.07) is 9.30. The highest BCUT2D eigenvalue weighted by Crippen LogP contribution is 2.28. The van der Waals surface area contributed by atoms with Gasteiger partial charge in [0, 0.05) is 31.7 Å². The molecule has 2 aliphatic rings. The number of nitrogens with zero attached hydrogens (tertiary/aromatic N) is 2. The van der Waals surface area contributed by atoms with E-state index in [9.17, 15) is 9.59 Å². The highest BCUT2D eigenvalue weighted by atomic mass is 35.5. The van der Waals surface area contributed by atoms with Gasteiger partial charge in [0.25, 0.3) is 5.91 Å². The van der Waals surface area contributed by atoms with Gasteiger partial charge in [0.15, 0.2) is 5.06 Å². The molecule has 2 amide bonds. The van der Waals surface area contributed by atoms with Crippen LogP contribution in [0.25, 0.3) is 0 Å². The molecule has 0 unspecified atom stereocenters. The lowest BCUT2D eigenvalue weighted by molar-refractivity contribution is 0.0788. The fourth-order valence-electron chi connectivity index (χ4n) is 3.86. The predicted molar refractivity (Wildman–Crippen MR) is 114 cm³/mol. The number of ether oxygens (including phenoxy) is 1. The van der Waals surface area contributed by atoms with Gasteiger partial charge in [-0.2, -0.15) is 0 Å². The zero-order valence-corrected chi connectivity index (χ0v) is 17.9. The molecule has 0 bridgehead atoms. The fraction of sp³-hybridized carbons (Fsp3) is 0.429. The van der Waals surface area contributed by atoms with E-state index in [-0.39, 0.29) is 11.9 Å². The second-order valence-corrected chi connectivity index (χ2v) is 9.29. The Hall–Kier alpha value is -2.09. The Morgan fingerprint density at radius 2 is 1.93 bits per heavy atom. The first-order valence-corrected chi connectivity index (χ1v) is 11.0. The topological polar surface area (TPSA) is 61.9 Å². The van der Waals surface area contributed by atoms with E-state index in [1.807, 2.05) is 12.1 Å². The van der Waals surface area contributed by atoms with Crippen molar-refractivity contribution in [2.75, 3.05) is 33.2 Å². The molecule has 8 heteroatoms. The molecule has 2 aliphatic heterocycles. The number of nitrogens with one attached hydrogen (secondary N) is 1. The Morgan fingerprint density at radius 3 is 2.69 bits per heavy atom. The fourth-order valence-corrected chi connectivity index (χ4v) is 4.73. The highest BCUT2D eigenvalue weighted by Gasteiger charge is 2.29. The molecule has 4 rings (SSSR count). The third kappa shape index (κ3) is 4.91. The number of likely N-dealkylation sites (tertiary alicyclic amines) is 1. The molecule has 3 heterocycles. The SMILES string of the molecule is CN1CCc2ccc(C(=O)N3CC[C@@H](NC(=O)Oc4ccc(Cl)s4)C3)cc2CC1. The zero-order chi connectivity index (χ0) is 20.4. The first-order chi connectivity index (χ1) is 14.0. The maximum Gasteiger partial charge on any atom is 0.413 e. The standard InChI is InChI=1S/C21H24ClN3O3S/c1-24-9-6-14-2-3-16(12-15(14)7-10-24)20(26)25-11-8-17(13-25)23-21(27)28-19-5-4-18(22)29-19/h2-5,12,17H,6-11,13H2,1H3,(H,23,27)/t17-/m1/s1. The summed E-state index contributed by atoms with van der Waals surface area (Å²) >= 11 is 7.05. The lowest BCUT2D eigenvalue weighted by Crippen LogP contribution is -2.39. The van der Waals surface area contributed by atoms with E-state index in [0.29, 0.717) is 28.9 Å². The number of likely N-dealkylation sites (N-methyl/N-ethyl adjacent to an activating group) is 1. The van der Waals surface area contributed by atoms with Crippen molar-refractivity contribution in [3.05, 3.63) is 51.4 Å². The van der Waals surface area contributed by atoms with Gasteiger partial charge in [-0.15, -0.1) is 0 Å². The van der Waals surface area contributed by atoms with Crippen LogP contribution < -0.4 is 10.1 Å². The molecule has 2 aromatic rings. The maximum absolute atomic E-state index is 13.0. The van der Waals surface area contributed by atoms with Gasteiger partial charge in [-0.1, -0.05) is 29.0 Å². The molecule has 0 aliphatic carbocycles. The number of benzene rings is 1. The highest BCUT2D eigenvalue weighted by molar-refractivity contribution is 7.17. The Kier molecular flexibility index (Phi) is 6.08. The number of fused-ring (bicyclic) bond motifs is 1. The minimum atomic E-state index is -0.517. The van der Waals surface area contributed by atoms with Crippen molar-refractivity contribution in [3.63, 3.8) is 0 Å². The van der Waals surface area contributed by atoms with Gasteiger partial charge >= 0.3 is 6.09 Å². The molecular weight excluding hydrogens is 410 g/mol. The molecule has 154 valence electrons. The lowest BCUT2D eigenvalue weighted by Gasteiger charge is -2.18. The molecule has 0 radical (unpaired) electrons. The smallest absolute Gasteiger partial charge is 0.399 e. The van der Waals surface area contributed by atoms with Gasteiger partial charge in [-0.25, -0.2) is 4.79 Å². The average molecular weight is 434 g/mol. The van der Waals surface area contributed by atoms with Crippen LogP contribution in [0, 0.1) is 0 Å². The zero-order valence-electron chi connectivity index (χ0n) is 16.3. The van der Waals surface area contributed by atoms with E-state index in [2.05, 4.69) is 23.3 Å². The summed E-state index contributed by atoms with van der Waals surface area (Å²) in [6.45, 7) is 3.17. The van der Waals surface area contributed by atoms with Crippen molar-refractivity contribution in [1.82, 2.24) is 15.1 Å². The summed E-state index contributed by atoms with van der Waals surface area (Å²) < 4.78 is 5.80. The molecule has 0 saturated carbocycles. The summed E-state index contributed by atoms with van der Waals surface area (Å²) in [5.41, 5.74) is 3.33. The van der Waals surface area contributed by atoms with Gasteiger partial charge in [0.05, 0.1) is 10.4 Å². The summed E-state index contributed by atoms with van der Waals surface area (Å²) in [7, 11) is 2.13. The van der Waals surface area contributed by atoms with Crippen molar-refractivity contribution in [2.24, 2.45) is 0 Å². The van der Waals surface area contributed by atoms with Gasteiger partial charge in [-0.3, -0.25) is 4.79 Å². The number of carbonyl (C=O) groups excluding carboxylic acids is 2. The van der Waals surface area contributed by atoms with Gasteiger partial charge in [-0.05, 0) is 61.7 Å². The molecule has 0 spiro atoms. The number of halogens is 1. The second kappa shape index (κ2) is 8.73. The summed E-state index contributed by atoms with van der Waals surface area (Å²) in [6.07, 6.45) is 2.18. The van der Waals surface area contributed by atoms with E-state index in [4.69, 9.17) is 16.3 Å². The van der Waals surface area contributed by atoms with Crippen LogP contribution in [-0.4, -0.2) is 61.1 Å². The molecule has 1 aromatic heterocycles. The predicted octanol–water partition coefficient (Wildman–Crippen LogP) is 3.44. The van der Waals surface area contributed by atoms with Crippen LogP contribution in [0.1, 0.15) is 27.9 Å². The van der Waals surface area contributed by atoms with Crippen molar-refractivity contribution in [1.29, 1.82) is 0 Å². The maximum atomic E-state index is 13.0. The third-order valence-electron chi connectivity index (χ3n) is 5.52. The average Bonchev–Trinajstić information content (AvgIpc) is 3.28. The molecule has 1 fully saturated rings. The van der Waals surface area contributed by atoms with Crippen molar-refractivity contribution >= 4 is 34.9 Å². The number of hydrogen-bond acceptors (Lipinski definition) is 5. The summed E-state index contributed by atoms with van der Waals surface area (Å²) in [5, 5.41) is 3.29. The monoisotopic (exact) mass is 433 g/mol. The van der Waals surface area contributed by atoms with E-state index in [0.717, 1.165) is 31.5 Å². The first-order valence-electron chi connectivity index (χ1n) is 9.81. The number of rotatable bonds is 3. The van der Waals surface area contributed by atoms with E-state index in [1.54, 1.807) is 17.0 Å². The van der Waals surface area contributed by atoms with Gasteiger partial charge < -0.3 is 19.9 Å². The van der Waals surface area contributed by atoms with E-state index < -0.39 is 6.09 Å². The van der Waals surface area contributed by atoms with Crippen LogP contribution in [0.4, 0.5) is 4.79 Å². The van der Waals surface area contributed by atoms with Crippen molar-refractivity contribution in [2.45, 2.75) is 25.3 Å². The molecule has 1 saturated heterocycles. The number of thiophene rings is 1. The van der Waals surface area contributed by atoms with Crippen LogP contribution in [-0.2, 0) is 12.8 Å². The third-order valence-corrected chi connectivity index (χ3v) is 6.63. The van der Waals surface area contributed by atoms with Gasteiger partial charge in [0.1, 0.15) is 0 Å². The van der Waals surface area contributed by atoms with Crippen LogP contribution in [0.15, 0.2) is 30.3 Å². The molecule has 1 atom stereocenters. The number of hydrogen-bond donors (Lipinski definition) is 1. The Bertz CT molecular complexity index is 916. The Labute approximate surface area is 179 Å². The molecule has 29 heavy (non-hydrogen) atoms. The number of amides is 2. The lowest BCUT2D eigenvalue weighted by atomic mass is 9.99. The molecular formula is C21H24ClN3O3S. The van der Waals surface area contributed by atoms with Crippen LogP contribution >= 0.6 is 22.9 Å². The van der Waals surface area contributed by atoms with Crippen LogP contribution in [0.5, 0.6) is 5.06 Å². The largest absolute Gasteiger partial charge is 0.413 e. The Morgan fingerprint density at radius 1 is 1.14 bits per heavy atom. The van der Waals surface area contributed by atoms with E-state index >= 15 is 0 Å². The summed E-state index contributed by atoms with van der Waals surface area (Å²) in [4.78, 5) is 29.2. The van der Waals surface area contributed by atoms with Crippen LogP contribution in [0.2, 0.25) is 4.34 Å². The van der Waals surface area contributed by atoms with E-state index in [1.165, 1.54) is 22.5 Å². The van der Waals surface area contributed by atoms with Crippen molar-refractivity contribution < 1.29 is 14.3 Å². The second-order valence-electron chi connectivity index (χ2n) is 7.62. The van der Waals surface area contributed by atoms with Crippen LogP contribution in [0.3, 0.4) is 0 Å². The first kappa shape index (κ1) is 20.2. The molecule has 1 N–H and O–H groups in total. The van der Waals surface area contributed by atoms with Gasteiger partial charge in [0.2, 0.25) is 0 Å². The molecule has 1 aromatic carbocycles. The number of carbonyl (C=O) groups is 2.